The first kappa shape index (κ1) is 11.0. The highest BCUT2D eigenvalue weighted by Crippen LogP contribution is 2.29. The van der Waals surface area contributed by atoms with Crippen LogP contribution in [0.15, 0.2) is 22.7 Å². The topological polar surface area (TPSA) is 53.2 Å². The summed E-state index contributed by atoms with van der Waals surface area (Å²) >= 11 is 3.30. The van der Waals surface area contributed by atoms with E-state index < -0.39 is 6.10 Å². The van der Waals surface area contributed by atoms with Crippen molar-refractivity contribution in [3.8, 4) is 11.8 Å². The van der Waals surface area contributed by atoms with E-state index in [4.69, 9.17) is 15.1 Å². The van der Waals surface area contributed by atoms with Gasteiger partial charge < -0.3 is 9.84 Å². The molecular weight excluding hydrogens is 246 g/mol. The maximum Gasteiger partial charge on any atom is 0.181 e. The van der Waals surface area contributed by atoms with Gasteiger partial charge in [0.15, 0.2) is 6.10 Å². The number of ether oxygens (including phenoxy) is 1. The van der Waals surface area contributed by atoms with Gasteiger partial charge in [0.1, 0.15) is 11.8 Å². The molecule has 0 amide bonds. The molecule has 0 radical (unpaired) electrons. The molecule has 1 rings (SSSR count). The summed E-state index contributed by atoms with van der Waals surface area (Å²) in [5, 5.41) is 17.6. The molecule has 0 aliphatic rings. The normalized spacial score (nSPS) is 11.9. The van der Waals surface area contributed by atoms with Crippen LogP contribution in [-0.4, -0.2) is 11.2 Å². The molecule has 3 nitrogen and oxygen atoms in total. The molecule has 74 valence electrons. The van der Waals surface area contributed by atoms with Crippen LogP contribution >= 0.6 is 15.9 Å². The van der Waals surface area contributed by atoms with Gasteiger partial charge in [0, 0.05) is 5.56 Å². The maximum atomic E-state index is 9.04. The van der Waals surface area contributed by atoms with Crippen molar-refractivity contribution in [3.63, 3.8) is 0 Å². The molecule has 1 N–H and O–H groups in total. The summed E-state index contributed by atoms with van der Waals surface area (Å²) in [5.41, 5.74) is 0.668. The molecule has 0 heterocycles. The first-order valence-corrected chi connectivity index (χ1v) is 4.93. The van der Waals surface area contributed by atoms with Crippen molar-refractivity contribution in [3.05, 3.63) is 28.2 Å². The second kappa shape index (κ2) is 4.99. The zero-order chi connectivity index (χ0) is 10.6. The first-order chi connectivity index (χ1) is 6.69. The highest BCUT2D eigenvalue weighted by molar-refractivity contribution is 9.10. The van der Waals surface area contributed by atoms with Gasteiger partial charge >= 0.3 is 0 Å². The molecule has 0 fully saturated rings. The Kier molecular flexibility index (Phi) is 3.93. The average molecular weight is 256 g/mol. The van der Waals surface area contributed by atoms with E-state index in [0.29, 0.717) is 11.3 Å². The van der Waals surface area contributed by atoms with Crippen molar-refractivity contribution in [1.82, 2.24) is 0 Å². The summed E-state index contributed by atoms with van der Waals surface area (Å²) in [7, 11) is 0. The molecule has 1 aromatic carbocycles. The van der Waals surface area contributed by atoms with E-state index in [1.54, 1.807) is 25.1 Å². The van der Waals surface area contributed by atoms with Gasteiger partial charge in [-0.15, -0.1) is 0 Å². The van der Waals surface area contributed by atoms with E-state index in [1.807, 2.05) is 6.07 Å². The number of para-hydroxylation sites is 1. The number of nitriles is 1. The minimum Gasteiger partial charge on any atom is -0.474 e. The van der Waals surface area contributed by atoms with E-state index in [1.165, 1.54) is 0 Å². The zero-order valence-corrected chi connectivity index (χ0v) is 9.28. The molecule has 0 aromatic heterocycles. The number of halogens is 1. The summed E-state index contributed by atoms with van der Waals surface area (Å²) < 4.78 is 6.09. The lowest BCUT2D eigenvalue weighted by Crippen LogP contribution is -2.10. The Morgan fingerprint density at radius 1 is 1.64 bits per heavy atom. The third kappa shape index (κ3) is 2.47. The molecule has 1 unspecified atom stereocenters. The molecule has 0 bridgehead atoms. The van der Waals surface area contributed by atoms with Crippen molar-refractivity contribution < 1.29 is 9.84 Å². The second-order valence-electron chi connectivity index (χ2n) is 2.78. The SMILES string of the molecule is CC(C#N)Oc1c(Br)cccc1CO. The number of benzene rings is 1. The summed E-state index contributed by atoms with van der Waals surface area (Å²) in [6.07, 6.45) is -0.529. The second-order valence-corrected chi connectivity index (χ2v) is 3.63. The van der Waals surface area contributed by atoms with Crippen LogP contribution < -0.4 is 4.74 Å². The quantitative estimate of drug-likeness (QED) is 0.902. The number of aliphatic hydroxyl groups is 1. The molecule has 0 saturated carbocycles. The number of hydrogen-bond donors (Lipinski definition) is 1. The van der Waals surface area contributed by atoms with E-state index >= 15 is 0 Å². The molecule has 0 saturated heterocycles. The van der Waals surface area contributed by atoms with Crippen molar-refractivity contribution in [1.29, 1.82) is 5.26 Å². The molecular formula is C10H10BrNO2. The van der Waals surface area contributed by atoms with Crippen LogP contribution in [0.4, 0.5) is 0 Å². The fourth-order valence-electron chi connectivity index (χ4n) is 1.01. The summed E-state index contributed by atoms with van der Waals surface area (Å²) in [5.74, 6) is 0.532. The van der Waals surface area contributed by atoms with E-state index in [-0.39, 0.29) is 6.61 Å². The van der Waals surface area contributed by atoms with Gasteiger partial charge in [0.2, 0.25) is 0 Å². The number of hydrogen-bond acceptors (Lipinski definition) is 3. The Bertz CT molecular complexity index is 360. The molecule has 1 aromatic rings. The fraction of sp³-hybridized carbons (Fsp3) is 0.300. The van der Waals surface area contributed by atoms with Gasteiger partial charge in [-0.1, -0.05) is 12.1 Å². The Labute approximate surface area is 91.1 Å². The van der Waals surface area contributed by atoms with Crippen molar-refractivity contribution in [2.45, 2.75) is 19.6 Å². The molecule has 0 aliphatic carbocycles. The van der Waals surface area contributed by atoms with E-state index in [2.05, 4.69) is 15.9 Å². The van der Waals surface area contributed by atoms with Crippen LogP contribution in [0.2, 0.25) is 0 Å². The molecule has 0 aliphatic heterocycles. The van der Waals surface area contributed by atoms with Gasteiger partial charge in [0.25, 0.3) is 0 Å². The third-order valence-corrected chi connectivity index (χ3v) is 2.32. The summed E-state index contributed by atoms with van der Waals surface area (Å²) in [6, 6.07) is 7.33. The third-order valence-electron chi connectivity index (χ3n) is 1.70. The van der Waals surface area contributed by atoms with Crippen LogP contribution in [0.25, 0.3) is 0 Å². The highest BCUT2D eigenvalue weighted by Gasteiger charge is 2.10. The average Bonchev–Trinajstić information content (AvgIpc) is 2.20. The van der Waals surface area contributed by atoms with Gasteiger partial charge in [-0.3, -0.25) is 0 Å². The predicted molar refractivity (Wildman–Crippen MR) is 55.8 cm³/mol. The fourth-order valence-corrected chi connectivity index (χ4v) is 1.51. The van der Waals surface area contributed by atoms with Crippen LogP contribution in [-0.2, 0) is 6.61 Å². The molecule has 1 atom stereocenters. The van der Waals surface area contributed by atoms with Gasteiger partial charge in [-0.2, -0.15) is 5.26 Å². The van der Waals surface area contributed by atoms with Crippen molar-refractivity contribution in [2.24, 2.45) is 0 Å². The Hall–Kier alpha value is -1.05. The number of nitrogens with zero attached hydrogens (tertiary/aromatic N) is 1. The predicted octanol–water partition coefficient (Wildman–Crippen LogP) is 2.23. The smallest absolute Gasteiger partial charge is 0.181 e. The van der Waals surface area contributed by atoms with Crippen LogP contribution in [0.5, 0.6) is 5.75 Å². The van der Waals surface area contributed by atoms with E-state index in [0.717, 1.165) is 4.47 Å². The van der Waals surface area contributed by atoms with Gasteiger partial charge in [-0.25, -0.2) is 0 Å². The van der Waals surface area contributed by atoms with Crippen LogP contribution in [0.3, 0.4) is 0 Å². The largest absolute Gasteiger partial charge is 0.474 e. The van der Waals surface area contributed by atoms with E-state index in [9.17, 15) is 0 Å². The number of rotatable bonds is 3. The lowest BCUT2D eigenvalue weighted by molar-refractivity contribution is 0.246. The Morgan fingerprint density at radius 3 is 2.93 bits per heavy atom. The van der Waals surface area contributed by atoms with Crippen LogP contribution in [0, 0.1) is 11.3 Å². The van der Waals surface area contributed by atoms with Crippen molar-refractivity contribution in [2.75, 3.05) is 0 Å². The Balaban J connectivity index is 3.00. The zero-order valence-electron chi connectivity index (χ0n) is 7.70. The number of aliphatic hydroxyl groups excluding tert-OH is 1. The minimum atomic E-state index is -0.529. The standard InChI is InChI=1S/C10H10BrNO2/c1-7(5-12)14-10-8(6-13)3-2-4-9(10)11/h2-4,7,13H,6H2,1H3. The summed E-state index contributed by atoms with van der Waals surface area (Å²) in [6.45, 7) is 1.55. The minimum absolute atomic E-state index is 0.104. The van der Waals surface area contributed by atoms with Crippen molar-refractivity contribution >= 4 is 15.9 Å². The molecule has 14 heavy (non-hydrogen) atoms. The highest BCUT2D eigenvalue weighted by atomic mass is 79.9. The lowest BCUT2D eigenvalue weighted by atomic mass is 10.2. The first-order valence-electron chi connectivity index (χ1n) is 4.13. The monoisotopic (exact) mass is 255 g/mol. The van der Waals surface area contributed by atoms with Crippen LogP contribution in [0.1, 0.15) is 12.5 Å². The maximum absolute atomic E-state index is 9.04. The molecule has 4 heteroatoms. The summed E-state index contributed by atoms with van der Waals surface area (Å²) in [4.78, 5) is 0. The molecule has 0 spiro atoms. The lowest BCUT2D eigenvalue weighted by Gasteiger charge is -2.12. The van der Waals surface area contributed by atoms with Gasteiger partial charge in [-0.05, 0) is 28.9 Å². The Morgan fingerprint density at radius 2 is 2.36 bits per heavy atom. The van der Waals surface area contributed by atoms with Gasteiger partial charge in [0.05, 0.1) is 11.1 Å².